The number of ether oxygens (including phenoxy) is 1. The molecule has 0 spiro atoms. The molecule has 1 atom stereocenters. The summed E-state index contributed by atoms with van der Waals surface area (Å²) < 4.78 is 6.02. The molecule has 0 aliphatic carbocycles. The summed E-state index contributed by atoms with van der Waals surface area (Å²) in [5, 5.41) is 20.0. The first-order valence-corrected chi connectivity index (χ1v) is 7.57. The molecule has 2 aromatic rings. The van der Waals surface area contributed by atoms with Gasteiger partial charge in [-0.15, -0.1) is 0 Å². The third-order valence-corrected chi connectivity index (χ3v) is 3.46. The Morgan fingerprint density at radius 2 is 1.78 bits per heavy atom. The summed E-state index contributed by atoms with van der Waals surface area (Å²) in [4.78, 5) is 10.6. The summed E-state index contributed by atoms with van der Waals surface area (Å²) in [5.41, 5.74) is 2.04. The van der Waals surface area contributed by atoms with Crippen molar-refractivity contribution in [3.05, 3.63) is 65.7 Å². The molecule has 2 aromatic carbocycles. The molecule has 1 unspecified atom stereocenters. The number of rotatable bonds is 8. The molecule has 0 heterocycles. The van der Waals surface area contributed by atoms with Crippen LogP contribution in [0.3, 0.4) is 0 Å². The molecular weight excluding hydrogens is 294 g/mol. The lowest BCUT2D eigenvalue weighted by molar-refractivity contribution is 0.180. The molecule has 23 heavy (non-hydrogen) atoms. The maximum atomic E-state index is 10.6. The molecule has 1 amide bonds. The van der Waals surface area contributed by atoms with Crippen LogP contribution in [0.4, 0.5) is 4.79 Å². The standard InChI is InChI=1S/C18H21NO4/c20-13-11-14-6-8-16(9-7-14)23-17(10-12-19-18(21)22)15-4-2-1-3-5-15/h1-9,17,19-20H,10-13H2,(H,21,22). The number of aliphatic hydroxyl groups is 1. The lowest BCUT2D eigenvalue weighted by Gasteiger charge is -2.20. The van der Waals surface area contributed by atoms with E-state index in [0.717, 1.165) is 16.9 Å². The van der Waals surface area contributed by atoms with Gasteiger partial charge in [0.1, 0.15) is 11.9 Å². The second-order valence-electron chi connectivity index (χ2n) is 5.16. The van der Waals surface area contributed by atoms with E-state index in [4.69, 9.17) is 14.9 Å². The van der Waals surface area contributed by atoms with Crippen LogP contribution in [0.5, 0.6) is 5.75 Å². The SMILES string of the molecule is O=C(O)NCCC(Oc1ccc(CCO)cc1)c1ccccc1. The first-order chi connectivity index (χ1) is 11.2. The zero-order chi connectivity index (χ0) is 16.5. The van der Waals surface area contributed by atoms with Crippen molar-refractivity contribution in [1.82, 2.24) is 5.32 Å². The van der Waals surface area contributed by atoms with Crippen molar-refractivity contribution in [3.8, 4) is 5.75 Å². The number of hydrogen-bond acceptors (Lipinski definition) is 3. The maximum absolute atomic E-state index is 10.6. The number of aliphatic hydroxyl groups excluding tert-OH is 1. The summed E-state index contributed by atoms with van der Waals surface area (Å²) >= 11 is 0. The molecule has 0 aliphatic heterocycles. The number of carboxylic acid groups (broad SMARTS) is 1. The van der Waals surface area contributed by atoms with Crippen molar-refractivity contribution >= 4 is 6.09 Å². The number of benzene rings is 2. The summed E-state index contributed by atoms with van der Waals surface area (Å²) in [5.74, 6) is 0.718. The molecule has 0 radical (unpaired) electrons. The van der Waals surface area contributed by atoms with Gasteiger partial charge in [-0.1, -0.05) is 42.5 Å². The van der Waals surface area contributed by atoms with Crippen LogP contribution >= 0.6 is 0 Å². The Morgan fingerprint density at radius 1 is 1.09 bits per heavy atom. The third-order valence-electron chi connectivity index (χ3n) is 3.46. The highest BCUT2D eigenvalue weighted by atomic mass is 16.5. The minimum atomic E-state index is -1.04. The van der Waals surface area contributed by atoms with Crippen molar-refractivity contribution < 1.29 is 19.7 Å². The van der Waals surface area contributed by atoms with Crippen LogP contribution in [0.15, 0.2) is 54.6 Å². The van der Waals surface area contributed by atoms with Crippen LogP contribution in [0.2, 0.25) is 0 Å². The molecule has 3 N–H and O–H groups in total. The summed E-state index contributed by atoms with van der Waals surface area (Å²) in [6.07, 6.45) is -0.114. The third kappa shape index (κ3) is 5.64. The van der Waals surface area contributed by atoms with Gasteiger partial charge in [0, 0.05) is 19.6 Å². The Labute approximate surface area is 135 Å². The summed E-state index contributed by atoms with van der Waals surface area (Å²) in [6, 6.07) is 17.3. The van der Waals surface area contributed by atoms with Crippen molar-refractivity contribution in [3.63, 3.8) is 0 Å². The van der Waals surface area contributed by atoms with Gasteiger partial charge < -0.3 is 20.3 Å². The van der Waals surface area contributed by atoms with E-state index in [2.05, 4.69) is 5.32 Å². The Kier molecular flexibility index (Phi) is 6.44. The van der Waals surface area contributed by atoms with E-state index in [9.17, 15) is 4.79 Å². The average Bonchev–Trinajstić information content (AvgIpc) is 2.56. The van der Waals surface area contributed by atoms with Gasteiger partial charge >= 0.3 is 6.09 Å². The summed E-state index contributed by atoms with van der Waals surface area (Å²) in [6.45, 7) is 0.436. The van der Waals surface area contributed by atoms with Gasteiger partial charge in [-0.2, -0.15) is 0 Å². The fourth-order valence-corrected chi connectivity index (χ4v) is 2.30. The van der Waals surface area contributed by atoms with Gasteiger partial charge in [0.05, 0.1) is 0 Å². The van der Waals surface area contributed by atoms with E-state index in [0.29, 0.717) is 19.4 Å². The van der Waals surface area contributed by atoms with E-state index < -0.39 is 6.09 Å². The van der Waals surface area contributed by atoms with Crippen LogP contribution in [-0.2, 0) is 6.42 Å². The molecule has 122 valence electrons. The lowest BCUT2D eigenvalue weighted by Crippen LogP contribution is -2.24. The van der Waals surface area contributed by atoms with E-state index >= 15 is 0 Å². The van der Waals surface area contributed by atoms with Crippen LogP contribution in [0.1, 0.15) is 23.7 Å². The molecule has 0 saturated heterocycles. The molecular formula is C18H21NO4. The molecule has 5 nitrogen and oxygen atoms in total. The van der Waals surface area contributed by atoms with Crippen LogP contribution in [0, 0.1) is 0 Å². The van der Waals surface area contributed by atoms with E-state index in [1.54, 1.807) is 0 Å². The van der Waals surface area contributed by atoms with Gasteiger partial charge in [0.2, 0.25) is 0 Å². The largest absolute Gasteiger partial charge is 0.486 e. The van der Waals surface area contributed by atoms with Crippen molar-refractivity contribution in [2.45, 2.75) is 18.9 Å². The minimum Gasteiger partial charge on any atom is -0.486 e. The van der Waals surface area contributed by atoms with Crippen molar-refractivity contribution in [2.24, 2.45) is 0 Å². The highest BCUT2D eigenvalue weighted by Gasteiger charge is 2.13. The zero-order valence-corrected chi connectivity index (χ0v) is 12.8. The molecule has 2 rings (SSSR count). The van der Waals surface area contributed by atoms with Crippen LogP contribution in [0.25, 0.3) is 0 Å². The van der Waals surface area contributed by atoms with Gasteiger partial charge in [-0.05, 0) is 29.7 Å². The quantitative estimate of drug-likeness (QED) is 0.700. The van der Waals surface area contributed by atoms with Gasteiger partial charge in [-0.3, -0.25) is 0 Å². The Morgan fingerprint density at radius 3 is 2.39 bits per heavy atom. The minimum absolute atomic E-state index is 0.119. The molecule has 0 bridgehead atoms. The van der Waals surface area contributed by atoms with Crippen molar-refractivity contribution in [2.75, 3.05) is 13.2 Å². The topological polar surface area (TPSA) is 78.8 Å². The Hall–Kier alpha value is -2.53. The van der Waals surface area contributed by atoms with Crippen molar-refractivity contribution in [1.29, 1.82) is 0 Å². The number of amides is 1. The predicted octanol–water partition coefficient (Wildman–Crippen LogP) is 3.00. The second-order valence-corrected chi connectivity index (χ2v) is 5.16. The fourth-order valence-electron chi connectivity index (χ4n) is 2.30. The Bertz CT molecular complexity index is 598. The molecule has 0 fully saturated rings. The number of carbonyl (C=O) groups is 1. The highest BCUT2D eigenvalue weighted by Crippen LogP contribution is 2.25. The van der Waals surface area contributed by atoms with E-state index in [1.165, 1.54) is 0 Å². The molecule has 0 aliphatic rings. The molecule has 0 aromatic heterocycles. The van der Waals surface area contributed by atoms with Gasteiger partial charge in [-0.25, -0.2) is 4.79 Å². The molecule has 5 heteroatoms. The normalized spacial score (nSPS) is 11.7. The monoisotopic (exact) mass is 315 g/mol. The van der Waals surface area contributed by atoms with E-state index in [1.807, 2.05) is 54.6 Å². The van der Waals surface area contributed by atoms with Crippen LogP contribution < -0.4 is 10.1 Å². The smallest absolute Gasteiger partial charge is 0.404 e. The lowest BCUT2D eigenvalue weighted by atomic mass is 10.1. The second kappa shape index (κ2) is 8.80. The Balaban J connectivity index is 2.05. The van der Waals surface area contributed by atoms with Gasteiger partial charge in [0.15, 0.2) is 0 Å². The van der Waals surface area contributed by atoms with Gasteiger partial charge in [0.25, 0.3) is 0 Å². The molecule has 0 saturated carbocycles. The van der Waals surface area contributed by atoms with Crippen LogP contribution in [-0.4, -0.2) is 29.5 Å². The first kappa shape index (κ1) is 16.8. The number of nitrogens with one attached hydrogen (secondary N) is 1. The van der Waals surface area contributed by atoms with E-state index in [-0.39, 0.29) is 12.7 Å². The zero-order valence-electron chi connectivity index (χ0n) is 12.8. The summed E-state index contributed by atoms with van der Waals surface area (Å²) in [7, 11) is 0. The predicted molar refractivity (Wildman–Crippen MR) is 87.7 cm³/mol. The highest BCUT2D eigenvalue weighted by molar-refractivity contribution is 5.64. The first-order valence-electron chi connectivity index (χ1n) is 7.57. The number of hydrogen-bond donors (Lipinski definition) is 3. The maximum Gasteiger partial charge on any atom is 0.404 e. The fraction of sp³-hybridized carbons (Fsp3) is 0.278. The average molecular weight is 315 g/mol.